The smallest absolute Gasteiger partial charge is 0.266 e. The highest BCUT2D eigenvalue weighted by Crippen LogP contribution is 2.27. The second-order valence-corrected chi connectivity index (χ2v) is 4.56. The van der Waals surface area contributed by atoms with E-state index in [4.69, 9.17) is 10.00 Å². The SMILES string of the molecule is COc1ccc(/C=C(\C#N)C(=O)Nc2ccc(F)cc2)cc1O. The number of nitrogens with one attached hydrogen (secondary N) is 1. The van der Waals surface area contributed by atoms with E-state index in [9.17, 15) is 14.3 Å². The third-order valence-corrected chi connectivity index (χ3v) is 2.98. The summed E-state index contributed by atoms with van der Waals surface area (Å²) < 4.78 is 17.7. The monoisotopic (exact) mass is 312 g/mol. The lowest BCUT2D eigenvalue weighted by molar-refractivity contribution is -0.112. The normalized spacial score (nSPS) is 10.7. The number of rotatable bonds is 4. The number of phenolic OH excluding ortho intramolecular Hbond substituents is 1. The van der Waals surface area contributed by atoms with E-state index in [1.165, 1.54) is 49.6 Å². The first-order valence-corrected chi connectivity index (χ1v) is 6.59. The Morgan fingerprint density at radius 1 is 1.30 bits per heavy atom. The average Bonchev–Trinajstić information content (AvgIpc) is 2.54. The molecule has 1 amide bonds. The average molecular weight is 312 g/mol. The molecule has 2 aromatic carbocycles. The number of benzene rings is 2. The van der Waals surface area contributed by atoms with Crippen LogP contribution in [-0.4, -0.2) is 18.1 Å². The number of anilines is 1. The lowest BCUT2D eigenvalue weighted by Gasteiger charge is -2.05. The topological polar surface area (TPSA) is 82.3 Å². The molecule has 0 aliphatic rings. The van der Waals surface area contributed by atoms with Gasteiger partial charge in [-0.05, 0) is 48.0 Å². The highest BCUT2D eigenvalue weighted by atomic mass is 19.1. The summed E-state index contributed by atoms with van der Waals surface area (Å²) in [4.78, 5) is 12.1. The lowest BCUT2D eigenvalue weighted by atomic mass is 10.1. The Morgan fingerprint density at radius 2 is 2.00 bits per heavy atom. The second kappa shape index (κ2) is 7.09. The molecule has 0 aliphatic carbocycles. The third-order valence-electron chi connectivity index (χ3n) is 2.98. The number of amides is 1. The summed E-state index contributed by atoms with van der Waals surface area (Å²) in [5.74, 6) is -0.865. The van der Waals surface area contributed by atoms with E-state index in [1.54, 1.807) is 12.1 Å². The van der Waals surface area contributed by atoms with E-state index in [0.717, 1.165) is 0 Å². The summed E-state index contributed by atoms with van der Waals surface area (Å²) in [5, 5.41) is 21.3. The van der Waals surface area contributed by atoms with Crippen LogP contribution in [0.25, 0.3) is 6.08 Å². The fourth-order valence-electron chi connectivity index (χ4n) is 1.84. The van der Waals surface area contributed by atoms with E-state index >= 15 is 0 Å². The summed E-state index contributed by atoms with van der Waals surface area (Å²) in [6, 6.07) is 11.5. The maximum atomic E-state index is 12.8. The van der Waals surface area contributed by atoms with Crippen molar-refractivity contribution in [3.63, 3.8) is 0 Å². The Morgan fingerprint density at radius 3 is 2.57 bits per heavy atom. The molecule has 2 aromatic rings. The molecule has 0 saturated heterocycles. The molecular formula is C17H13FN2O3. The quantitative estimate of drug-likeness (QED) is 0.671. The first-order chi connectivity index (χ1) is 11.0. The molecule has 0 atom stereocenters. The standard InChI is InChI=1S/C17H13FN2O3/c1-23-16-7-2-11(9-15(16)21)8-12(10-19)17(22)20-14-5-3-13(18)4-6-14/h2-9,21H,1H3,(H,20,22)/b12-8+. The fourth-order valence-corrected chi connectivity index (χ4v) is 1.84. The van der Waals surface area contributed by atoms with Crippen molar-refractivity contribution >= 4 is 17.7 Å². The number of halogens is 1. The first kappa shape index (κ1) is 16.0. The van der Waals surface area contributed by atoms with Gasteiger partial charge in [-0.15, -0.1) is 0 Å². The minimum Gasteiger partial charge on any atom is -0.504 e. The molecule has 0 bridgehead atoms. The number of carbonyl (C=O) groups excluding carboxylic acids is 1. The van der Waals surface area contributed by atoms with Crippen LogP contribution in [0.1, 0.15) is 5.56 Å². The zero-order valence-electron chi connectivity index (χ0n) is 12.2. The van der Waals surface area contributed by atoms with Crippen LogP contribution in [0.2, 0.25) is 0 Å². The van der Waals surface area contributed by atoms with Crippen LogP contribution in [0.5, 0.6) is 11.5 Å². The molecule has 0 aromatic heterocycles. The predicted octanol–water partition coefficient (Wildman–Crippen LogP) is 3.09. The molecule has 0 radical (unpaired) electrons. The van der Waals surface area contributed by atoms with Crippen molar-refractivity contribution in [3.05, 3.63) is 59.4 Å². The van der Waals surface area contributed by atoms with Crippen molar-refractivity contribution in [3.8, 4) is 17.6 Å². The Hall–Kier alpha value is -3.33. The van der Waals surface area contributed by atoms with Gasteiger partial charge in [0.05, 0.1) is 7.11 Å². The van der Waals surface area contributed by atoms with Crippen molar-refractivity contribution in [2.24, 2.45) is 0 Å². The van der Waals surface area contributed by atoms with Crippen LogP contribution in [0.15, 0.2) is 48.0 Å². The van der Waals surface area contributed by atoms with Crippen LogP contribution >= 0.6 is 0 Å². The van der Waals surface area contributed by atoms with Gasteiger partial charge in [0.25, 0.3) is 5.91 Å². The van der Waals surface area contributed by atoms with E-state index in [2.05, 4.69) is 5.32 Å². The molecule has 0 heterocycles. The van der Waals surface area contributed by atoms with E-state index in [0.29, 0.717) is 11.3 Å². The number of hydrogen-bond donors (Lipinski definition) is 2. The number of methoxy groups -OCH3 is 1. The summed E-state index contributed by atoms with van der Waals surface area (Å²) >= 11 is 0. The van der Waals surface area contributed by atoms with Gasteiger partial charge in [0.1, 0.15) is 17.5 Å². The number of aromatic hydroxyl groups is 1. The maximum Gasteiger partial charge on any atom is 0.266 e. The van der Waals surface area contributed by atoms with Gasteiger partial charge in [-0.25, -0.2) is 4.39 Å². The van der Waals surface area contributed by atoms with Crippen molar-refractivity contribution in [1.29, 1.82) is 5.26 Å². The van der Waals surface area contributed by atoms with Crippen molar-refractivity contribution in [1.82, 2.24) is 0 Å². The molecule has 0 saturated carbocycles. The highest BCUT2D eigenvalue weighted by molar-refractivity contribution is 6.09. The Balaban J connectivity index is 2.21. The van der Waals surface area contributed by atoms with Gasteiger partial charge in [0.2, 0.25) is 0 Å². The molecule has 2 rings (SSSR count). The Kier molecular flexibility index (Phi) is 4.95. The van der Waals surface area contributed by atoms with Gasteiger partial charge in [0.15, 0.2) is 11.5 Å². The molecule has 5 nitrogen and oxygen atoms in total. The van der Waals surface area contributed by atoms with Gasteiger partial charge >= 0.3 is 0 Å². The van der Waals surface area contributed by atoms with Gasteiger partial charge < -0.3 is 15.2 Å². The number of nitriles is 1. The second-order valence-electron chi connectivity index (χ2n) is 4.56. The molecule has 116 valence electrons. The van der Waals surface area contributed by atoms with E-state index in [-0.39, 0.29) is 17.1 Å². The number of phenols is 1. The number of ether oxygens (including phenoxy) is 1. The van der Waals surface area contributed by atoms with Crippen LogP contribution in [0.4, 0.5) is 10.1 Å². The van der Waals surface area contributed by atoms with Crippen molar-refractivity contribution in [2.75, 3.05) is 12.4 Å². The highest BCUT2D eigenvalue weighted by Gasteiger charge is 2.10. The van der Waals surface area contributed by atoms with Gasteiger partial charge in [-0.1, -0.05) is 6.07 Å². The van der Waals surface area contributed by atoms with Crippen LogP contribution in [-0.2, 0) is 4.79 Å². The van der Waals surface area contributed by atoms with Crippen molar-refractivity contribution < 1.29 is 19.0 Å². The summed E-state index contributed by atoms with van der Waals surface area (Å²) in [6.07, 6.45) is 1.33. The van der Waals surface area contributed by atoms with E-state index < -0.39 is 11.7 Å². The molecule has 6 heteroatoms. The first-order valence-electron chi connectivity index (χ1n) is 6.59. The Labute approximate surface area is 132 Å². The third kappa shape index (κ3) is 4.08. The predicted molar refractivity (Wildman–Crippen MR) is 83.3 cm³/mol. The van der Waals surface area contributed by atoms with Crippen molar-refractivity contribution in [2.45, 2.75) is 0 Å². The summed E-state index contributed by atoms with van der Waals surface area (Å²) in [6.45, 7) is 0. The van der Waals surface area contributed by atoms with E-state index in [1.807, 2.05) is 0 Å². The number of nitrogens with zero attached hydrogens (tertiary/aromatic N) is 1. The van der Waals surface area contributed by atoms with Gasteiger partial charge in [-0.3, -0.25) is 4.79 Å². The summed E-state index contributed by atoms with van der Waals surface area (Å²) in [5.41, 5.74) is 0.683. The van der Waals surface area contributed by atoms with Crippen LogP contribution in [0.3, 0.4) is 0 Å². The Bertz CT molecular complexity index is 792. The maximum absolute atomic E-state index is 12.8. The molecule has 0 aliphatic heterocycles. The fraction of sp³-hybridized carbons (Fsp3) is 0.0588. The van der Waals surface area contributed by atoms with Gasteiger partial charge in [-0.2, -0.15) is 5.26 Å². The molecule has 23 heavy (non-hydrogen) atoms. The zero-order chi connectivity index (χ0) is 16.8. The van der Waals surface area contributed by atoms with Crippen LogP contribution < -0.4 is 10.1 Å². The largest absolute Gasteiger partial charge is 0.504 e. The van der Waals surface area contributed by atoms with Gasteiger partial charge in [0, 0.05) is 5.69 Å². The zero-order valence-corrected chi connectivity index (χ0v) is 12.2. The summed E-state index contributed by atoms with van der Waals surface area (Å²) in [7, 11) is 1.42. The lowest BCUT2D eigenvalue weighted by Crippen LogP contribution is -2.13. The molecule has 2 N–H and O–H groups in total. The van der Waals surface area contributed by atoms with Crippen LogP contribution in [0, 0.1) is 17.1 Å². The molecule has 0 spiro atoms. The molecular weight excluding hydrogens is 299 g/mol. The number of hydrogen-bond acceptors (Lipinski definition) is 4. The molecule has 0 fully saturated rings. The minimum atomic E-state index is -0.630. The minimum absolute atomic E-state index is 0.0996. The molecule has 0 unspecified atom stereocenters. The number of carbonyl (C=O) groups is 1.